The van der Waals surface area contributed by atoms with Crippen molar-refractivity contribution in [1.29, 1.82) is 0 Å². The van der Waals surface area contributed by atoms with Crippen LogP contribution >= 0.6 is 0 Å². The number of hydrogen-bond donors (Lipinski definition) is 1. The zero-order chi connectivity index (χ0) is 19.8. The minimum atomic E-state index is -0.792. The van der Waals surface area contributed by atoms with Crippen LogP contribution in [0.5, 0.6) is 0 Å². The van der Waals surface area contributed by atoms with Gasteiger partial charge in [-0.1, -0.05) is 27.2 Å². The third-order valence-electron chi connectivity index (χ3n) is 7.25. The van der Waals surface area contributed by atoms with Crippen LogP contribution < -0.4 is 5.32 Å². The van der Waals surface area contributed by atoms with Gasteiger partial charge >= 0.3 is 6.03 Å². The molecule has 2 aliphatic heterocycles. The first-order valence-corrected chi connectivity index (χ1v) is 10.3. The molecule has 27 heavy (non-hydrogen) atoms. The van der Waals surface area contributed by atoms with Gasteiger partial charge in [0.15, 0.2) is 0 Å². The SMILES string of the molecule is CCC(C)(C)C1CCC2(CC1)NC(=O)N(CC(=O)N1CCN(C)CC1)C2=O. The normalized spacial score (nSPS) is 30.1. The topological polar surface area (TPSA) is 73.0 Å². The van der Waals surface area contributed by atoms with Crippen LogP contribution in [-0.2, 0) is 9.59 Å². The van der Waals surface area contributed by atoms with Crippen molar-refractivity contribution >= 4 is 17.8 Å². The van der Waals surface area contributed by atoms with E-state index < -0.39 is 11.6 Å². The number of amides is 4. The van der Waals surface area contributed by atoms with Crippen LogP contribution in [0, 0.1) is 11.3 Å². The van der Waals surface area contributed by atoms with Crippen molar-refractivity contribution in [3.63, 3.8) is 0 Å². The first-order valence-electron chi connectivity index (χ1n) is 10.3. The highest BCUT2D eigenvalue weighted by molar-refractivity contribution is 6.09. The molecule has 0 radical (unpaired) electrons. The molecule has 0 atom stereocenters. The monoisotopic (exact) mass is 378 g/mol. The smallest absolute Gasteiger partial charge is 0.325 e. The summed E-state index contributed by atoms with van der Waals surface area (Å²) in [6.45, 7) is 9.58. The third-order valence-corrected chi connectivity index (χ3v) is 7.25. The molecule has 0 aromatic heterocycles. The molecule has 1 aliphatic carbocycles. The molecule has 0 aromatic rings. The molecule has 7 heteroatoms. The lowest BCUT2D eigenvalue weighted by Gasteiger charge is -2.42. The molecule has 152 valence electrons. The van der Waals surface area contributed by atoms with Crippen molar-refractivity contribution in [2.24, 2.45) is 11.3 Å². The highest BCUT2D eigenvalue weighted by Crippen LogP contribution is 2.45. The maximum Gasteiger partial charge on any atom is 0.325 e. The van der Waals surface area contributed by atoms with Crippen LogP contribution in [0.1, 0.15) is 52.9 Å². The van der Waals surface area contributed by atoms with E-state index in [1.165, 1.54) is 0 Å². The van der Waals surface area contributed by atoms with Crippen molar-refractivity contribution in [1.82, 2.24) is 20.0 Å². The lowest BCUT2D eigenvalue weighted by Crippen LogP contribution is -2.52. The lowest BCUT2D eigenvalue weighted by atomic mass is 9.65. The Morgan fingerprint density at radius 2 is 1.74 bits per heavy atom. The number of nitrogens with one attached hydrogen (secondary N) is 1. The van der Waals surface area contributed by atoms with Crippen LogP contribution in [0.4, 0.5) is 4.79 Å². The highest BCUT2D eigenvalue weighted by Gasteiger charge is 2.53. The molecule has 3 fully saturated rings. The van der Waals surface area contributed by atoms with Gasteiger partial charge in [-0.25, -0.2) is 4.79 Å². The quantitative estimate of drug-likeness (QED) is 0.756. The average molecular weight is 379 g/mol. The summed E-state index contributed by atoms with van der Waals surface area (Å²) in [7, 11) is 2.03. The van der Waals surface area contributed by atoms with E-state index in [-0.39, 0.29) is 23.8 Å². The van der Waals surface area contributed by atoms with Gasteiger partial charge in [0.25, 0.3) is 5.91 Å². The molecular weight excluding hydrogens is 344 g/mol. The molecule has 2 saturated heterocycles. The van der Waals surface area contributed by atoms with E-state index in [0.717, 1.165) is 37.3 Å². The Bertz CT molecular complexity index is 602. The van der Waals surface area contributed by atoms with Gasteiger partial charge in [-0.15, -0.1) is 0 Å². The summed E-state index contributed by atoms with van der Waals surface area (Å²) >= 11 is 0. The van der Waals surface area contributed by atoms with Crippen molar-refractivity contribution < 1.29 is 14.4 Å². The van der Waals surface area contributed by atoms with Gasteiger partial charge in [-0.3, -0.25) is 14.5 Å². The van der Waals surface area contributed by atoms with E-state index in [2.05, 4.69) is 31.0 Å². The van der Waals surface area contributed by atoms with E-state index in [1.807, 2.05) is 7.05 Å². The molecular formula is C20H34N4O3. The standard InChI is InChI=1S/C20H34N4O3/c1-5-19(2,3)15-6-8-20(9-7-15)17(26)24(18(27)21-20)14-16(25)23-12-10-22(4)11-13-23/h15H,5-14H2,1-4H3,(H,21,27). The van der Waals surface area contributed by atoms with Crippen LogP contribution in [0.2, 0.25) is 0 Å². The van der Waals surface area contributed by atoms with E-state index in [0.29, 0.717) is 31.8 Å². The fraction of sp³-hybridized carbons (Fsp3) is 0.850. The van der Waals surface area contributed by atoms with Gasteiger partial charge in [-0.05, 0) is 44.1 Å². The fourth-order valence-corrected chi connectivity index (χ4v) is 4.63. The van der Waals surface area contributed by atoms with Crippen LogP contribution in [-0.4, -0.2) is 77.9 Å². The Kier molecular flexibility index (Phi) is 5.52. The number of imide groups is 1. The zero-order valence-electron chi connectivity index (χ0n) is 17.2. The number of urea groups is 1. The molecule has 3 aliphatic rings. The van der Waals surface area contributed by atoms with Gasteiger partial charge in [0.05, 0.1) is 0 Å². The molecule has 0 bridgehead atoms. The summed E-state index contributed by atoms with van der Waals surface area (Å²) in [6.07, 6.45) is 4.33. The van der Waals surface area contributed by atoms with E-state index in [1.54, 1.807) is 4.90 Å². The summed E-state index contributed by atoms with van der Waals surface area (Å²) in [6, 6.07) is -0.407. The van der Waals surface area contributed by atoms with Crippen molar-refractivity contribution in [3.05, 3.63) is 0 Å². The Hall–Kier alpha value is -1.63. The lowest BCUT2D eigenvalue weighted by molar-refractivity contribution is -0.140. The maximum absolute atomic E-state index is 13.1. The number of piperazine rings is 1. The van der Waals surface area contributed by atoms with Gasteiger partial charge in [0.1, 0.15) is 12.1 Å². The molecule has 1 saturated carbocycles. The van der Waals surface area contributed by atoms with E-state index in [4.69, 9.17) is 0 Å². The molecule has 7 nitrogen and oxygen atoms in total. The predicted molar refractivity (Wildman–Crippen MR) is 103 cm³/mol. The Morgan fingerprint density at radius 3 is 2.30 bits per heavy atom. The summed E-state index contributed by atoms with van der Waals surface area (Å²) < 4.78 is 0. The Labute approximate surface area is 162 Å². The summed E-state index contributed by atoms with van der Waals surface area (Å²) in [5, 5.41) is 2.93. The molecule has 4 amide bonds. The number of carbonyl (C=O) groups excluding carboxylic acids is 3. The number of rotatable bonds is 4. The van der Waals surface area contributed by atoms with Crippen molar-refractivity contribution in [2.75, 3.05) is 39.8 Å². The summed E-state index contributed by atoms with van der Waals surface area (Å²) in [4.78, 5) is 43.2. The van der Waals surface area contributed by atoms with Crippen LogP contribution in [0.25, 0.3) is 0 Å². The summed E-state index contributed by atoms with van der Waals surface area (Å²) in [5.41, 5.74) is -0.538. The van der Waals surface area contributed by atoms with Gasteiger partial charge in [-0.2, -0.15) is 0 Å². The second kappa shape index (κ2) is 7.41. The molecule has 0 aromatic carbocycles. The fourth-order valence-electron chi connectivity index (χ4n) is 4.63. The number of carbonyl (C=O) groups is 3. The third kappa shape index (κ3) is 3.84. The first kappa shape index (κ1) is 20.1. The molecule has 2 heterocycles. The molecule has 1 spiro atoms. The number of nitrogens with zero attached hydrogens (tertiary/aromatic N) is 3. The zero-order valence-corrected chi connectivity index (χ0v) is 17.2. The van der Waals surface area contributed by atoms with E-state index >= 15 is 0 Å². The first-order chi connectivity index (χ1) is 12.7. The predicted octanol–water partition coefficient (Wildman–Crippen LogP) is 1.68. The highest BCUT2D eigenvalue weighted by atomic mass is 16.2. The second-order valence-corrected chi connectivity index (χ2v) is 9.20. The second-order valence-electron chi connectivity index (χ2n) is 9.20. The van der Waals surface area contributed by atoms with Crippen LogP contribution in [0.3, 0.4) is 0 Å². The maximum atomic E-state index is 13.1. The Balaban J connectivity index is 1.61. The van der Waals surface area contributed by atoms with Gasteiger partial charge in [0.2, 0.25) is 5.91 Å². The molecule has 3 rings (SSSR count). The summed E-state index contributed by atoms with van der Waals surface area (Å²) in [5.74, 6) is 0.228. The largest absolute Gasteiger partial charge is 0.339 e. The van der Waals surface area contributed by atoms with Gasteiger partial charge in [0, 0.05) is 26.2 Å². The molecule has 0 unspecified atom stereocenters. The average Bonchev–Trinajstić information content (AvgIpc) is 2.86. The van der Waals surface area contributed by atoms with Gasteiger partial charge < -0.3 is 15.1 Å². The minimum Gasteiger partial charge on any atom is -0.339 e. The molecule has 1 N–H and O–H groups in total. The van der Waals surface area contributed by atoms with Crippen molar-refractivity contribution in [3.8, 4) is 0 Å². The Morgan fingerprint density at radius 1 is 1.15 bits per heavy atom. The van der Waals surface area contributed by atoms with E-state index in [9.17, 15) is 14.4 Å². The van der Waals surface area contributed by atoms with Crippen LogP contribution in [0.15, 0.2) is 0 Å². The number of likely N-dealkylation sites (N-methyl/N-ethyl adjacent to an activating group) is 1. The van der Waals surface area contributed by atoms with Crippen molar-refractivity contribution in [2.45, 2.75) is 58.4 Å². The minimum absolute atomic E-state index is 0.135. The number of hydrogen-bond acceptors (Lipinski definition) is 4.